The van der Waals surface area contributed by atoms with Crippen molar-refractivity contribution in [2.24, 2.45) is 0 Å². The van der Waals surface area contributed by atoms with Crippen molar-refractivity contribution in [3.63, 3.8) is 0 Å². The van der Waals surface area contributed by atoms with Gasteiger partial charge in [-0.2, -0.15) is 4.98 Å². The molecular weight excluding hydrogens is 242 g/mol. The number of hydrogen-bond donors (Lipinski definition) is 3. The molecule has 1 aromatic rings. The van der Waals surface area contributed by atoms with Crippen molar-refractivity contribution in [3.8, 4) is 0 Å². The van der Waals surface area contributed by atoms with E-state index in [1.54, 1.807) is 0 Å². The standard InChI is InChI=1S/C10H14N3O5/c1-10(17)7(15)5(4-14)18-8(10)13-3-2-6(11)12-9(13)16/h2-3,5,7-8,11,14-15,17H,4H2,1H3/t5-,7?,8-,10+/m1/s1. The molecule has 2 heterocycles. The van der Waals surface area contributed by atoms with Gasteiger partial charge in [0.05, 0.1) is 6.61 Å². The van der Waals surface area contributed by atoms with Gasteiger partial charge < -0.3 is 20.1 Å². The van der Waals surface area contributed by atoms with E-state index < -0.39 is 36.3 Å². The average Bonchev–Trinajstić information content (AvgIpc) is 2.52. The normalized spacial score (nSPS) is 35.9. The Kier molecular flexibility index (Phi) is 3.11. The highest BCUT2D eigenvalue weighted by Crippen LogP contribution is 2.37. The summed E-state index contributed by atoms with van der Waals surface area (Å²) >= 11 is 0. The largest absolute Gasteiger partial charge is 0.394 e. The maximum Gasteiger partial charge on any atom is 0.351 e. The Bertz CT molecular complexity index is 501. The van der Waals surface area contributed by atoms with Gasteiger partial charge in [0.1, 0.15) is 17.8 Å². The van der Waals surface area contributed by atoms with Crippen molar-refractivity contribution >= 4 is 5.82 Å². The minimum Gasteiger partial charge on any atom is -0.394 e. The van der Waals surface area contributed by atoms with Gasteiger partial charge in [0.15, 0.2) is 12.0 Å². The average molecular weight is 256 g/mol. The predicted molar refractivity (Wildman–Crippen MR) is 58.9 cm³/mol. The van der Waals surface area contributed by atoms with Gasteiger partial charge in [0.2, 0.25) is 0 Å². The fourth-order valence-electron chi connectivity index (χ4n) is 1.98. The van der Waals surface area contributed by atoms with Gasteiger partial charge in [-0.15, -0.1) is 0 Å². The smallest absolute Gasteiger partial charge is 0.351 e. The van der Waals surface area contributed by atoms with Crippen molar-refractivity contribution in [2.45, 2.75) is 31.0 Å². The molecule has 99 valence electrons. The third kappa shape index (κ3) is 1.89. The molecule has 4 N–H and O–H groups in total. The third-order valence-corrected chi connectivity index (χ3v) is 3.02. The zero-order valence-corrected chi connectivity index (χ0v) is 9.65. The second-order valence-electron chi connectivity index (χ2n) is 4.38. The van der Waals surface area contributed by atoms with Crippen LogP contribution in [0, 0.1) is 0 Å². The second kappa shape index (κ2) is 4.32. The number of hydrogen-bond acceptors (Lipinski definition) is 6. The maximum absolute atomic E-state index is 11.6. The molecular formula is C10H14N3O5. The number of aromatic nitrogens is 2. The van der Waals surface area contributed by atoms with Crippen LogP contribution in [-0.2, 0) is 4.74 Å². The Hall–Kier alpha value is -1.48. The highest BCUT2D eigenvalue weighted by Gasteiger charge is 2.53. The zero-order valence-electron chi connectivity index (χ0n) is 9.65. The van der Waals surface area contributed by atoms with Crippen molar-refractivity contribution < 1.29 is 20.1 Å². The van der Waals surface area contributed by atoms with Gasteiger partial charge in [0, 0.05) is 6.20 Å². The van der Waals surface area contributed by atoms with Crippen LogP contribution in [0.25, 0.3) is 0 Å². The van der Waals surface area contributed by atoms with E-state index >= 15 is 0 Å². The van der Waals surface area contributed by atoms with Crippen LogP contribution in [0.2, 0.25) is 0 Å². The molecule has 0 amide bonds. The molecule has 8 nitrogen and oxygen atoms in total. The van der Waals surface area contributed by atoms with Gasteiger partial charge in [-0.05, 0) is 13.0 Å². The summed E-state index contributed by atoms with van der Waals surface area (Å²) in [4.78, 5) is 15.0. The quantitative estimate of drug-likeness (QED) is 0.570. The molecule has 4 atom stereocenters. The Morgan fingerprint density at radius 3 is 2.83 bits per heavy atom. The van der Waals surface area contributed by atoms with Gasteiger partial charge in [-0.25, -0.2) is 4.79 Å². The lowest BCUT2D eigenvalue weighted by molar-refractivity contribution is -0.0986. The summed E-state index contributed by atoms with van der Waals surface area (Å²) in [6.45, 7) is 0.825. The first-order chi connectivity index (χ1) is 8.37. The summed E-state index contributed by atoms with van der Waals surface area (Å²) in [5.74, 6) is -0.201. The summed E-state index contributed by atoms with van der Waals surface area (Å²) in [6, 6.07) is 1.26. The molecule has 8 heteroatoms. The number of aliphatic hydroxyl groups excluding tert-OH is 2. The molecule has 1 fully saturated rings. The molecule has 0 aromatic carbocycles. The summed E-state index contributed by atoms with van der Waals surface area (Å²) in [5.41, 5.74) is 4.70. The number of nitrogens with one attached hydrogen (secondary N) is 1. The van der Waals surface area contributed by atoms with Crippen LogP contribution in [0.3, 0.4) is 0 Å². The van der Waals surface area contributed by atoms with Crippen LogP contribution in [0.1, 0.15) is 13.2 Å². The van der Waals surface area contributed by atoms with E-state index in [1.807, 2.05) is 0 Å². The summed E-state index contributed by atoms with van der Waals surface area (Å²) in [7, 11) is 0. The summed E-state index contributed by atoms with van der Waals surface area (Å²) < 4.78 is 6.24. The van der Waals surface area contributed by atoms with E-state index in [4.69, 9.17) is 15.6 Å². The second-order valence-corrected chi connectivity index (χ2v) is 4.38. The van der Waals surface area contributed by atoms with Crippen LogP contribution in [0.4, 0.5) is 5.82 Å². The summed E-state index contributed by atoms with van der Waals surface area (Å²) in [6.07, 6.45) is -2.21. The molecule has 0 saturated carbocycles. The molecule has 1 aromatic heterocycles. The van der Waals surface area contributed by atoms with Crippen LogP contribution >= 0.6 is 0 Å². The number of rotatable bonds is 2. The van der Waals surface area contributed by atoms with E-state index in [9.17, 15) is 15.0 Å². The van der Waals surface area contributed by atoms with Gasteiger partial charge >= 0.3 is 5.69 Å². The number of nitrogens with zero attached hydrogens (tertiary/aromatic N) is 2. The van der Waals surface area contributed by atoms with E-state index in [0.29, 0.717) is 0 Å². The van der Waals surface area contributed by atoms with E-state index in [2.05, 4.69) is 4.98 Å². The Morgan fingerprint density at radius 1 is 1.67 bits per heavy atom. The van der Waals surface area contributed by atoms with Crippen LogP contribution in [0.5, 0.6) is 0 Å². The molecule has 1 saturated heterocycles. The maximum atomic E-state index is 11.6. The Labute approximate surface area is 102 Å². The van der Waals surface area contributed by atoms with E-state index in [1.165, 1.54) is 19.2 Å². The van der Waals surface area contributed by atoms with Crippen LogP contribution < -0.4 is 11.4 Å². The first-order valence-corrected chi connectivity index (χ1v) is 5.35. The highest BCUT2D eigenvalue weighted by atomic mass is 16.6. The van der Waals surface area contributed by atoms with E-state index in [-0.39, 0.29) is 5.82 Å². The molecule has 0 spiro atoms. The van der Waals surface area contributed by atoms with Crippen LogP contribution in [0.15, 0.2) is 17.1 Å². The van der Waals surface area contributed by atoms with Crippen LogP contribution in [-0.4, -0.2) is 49.3 Å². The van der Waals surface area contributed by atoms with Crippen molar-refractivity contribution in [3.05, 3.63) is 22.7 Å². The van der Waals surface area contributed by atoms with Crippen molar-refractivity contribution in [1.29, 1.82) is 0 Å². The predicted octanol–water partition coefficient (Wildman–Crippen LogP) is -1.84. The first kappa shape index (κ1) is 13.0. The lowest BCUT2D eigenvalue weighted by Gasteiger charge is -2.27. The minimum atomic E-state index is -1.73. The lowest BCUT2D eigenvalue weighted by atomic mass is 9.96. The molecule has 1 aliphatic rings. The Morgan fingerprint density at radius 2 is 2.33 bits per heavy atom. The lowest BCUT2D eigenvalue weighted by Crippen LogP contribution is -2.46. The zero-order chi connectivity index (χ0) is 13.5. The Balaban J connectivity index is 2.42. The van der Waals surface area contributed by atoms with Gasteiger partial charge in [-0.1, -0.05) is 0 Å². The van der Waals surface area contributed by atoms with Gasteiger partial charge in [0.25, 0.3) is 0 Å². The van der Waals surface area contributed by atoms with Gasteiger partial charge in [-0.3, -0.25) is 10.3 Å². The molecule has 18 heavy (non-hydrogen) atoms. The number of ether oxygens (including phenoxy) is 1. The topological polar surface area (TPSA) is 129 Å². The molecule has 0 bridgehead atoms. The summed E-state index contributed by atoms with van der Waals surface area (Å²) in [5, 5.41) is 29.0. The van der Waals surface area contributed by atoms with Crippen molar-refractivity contribution in [1.82, 2.24) is 15.3 Å². The molecule has 2 rings (SSSR count). The fourth-order valence-corrected chi connectivity index (χ4v) is 1.98. The number of aliphatic hydroxyl groups is 3. The van der Waals surface area contributed by atoms with E-state index in [0.717, 1.165) is 4.57 Å². The SMILES string of the molecule is C[C@]1(O)C(O)[C@@H](CO)O[C@H]1n1ccc([NH])nc1=O. The fraction of sp³-hybridized carbons (Fsp3) is 0.600. The monoisotopic (exact) mass is 256 g/mol. The highest BCUT2D eigenvalue weighted by molar-refractivity contribution is 5.19. The third-order valence-electron chi connectivity index (χ3n) is 3.02. The van der Waals surface area contributed by atoms with Crippen molar-refractivity contribution in [2.75, 3.05) is 6.61 Å². The minimum absolute atomic E-state index is 0.201. The molecule has 1 unspecified atom stereocenters. The molecule has 1 aliphatic heterocycles. The first-order valence-electron chi connectivity index (χ1n) is 5.35. The molecule has 1 radical (unpaired) electrons. The molecule has 0 aliphatic carbocycles.